The van der Waals surface area contributed by atoms with Crippen molar-refractivity contribution in [3.63, 3.8) is 0 Å². The number of carbonyl (C=O) groups excluding carboxylic acids is 2. The molecule has 0 aliphatic carbocycles. The summed E-state index contributed by atoms with van der Waals surface area (Å²) in [6.45, 7) is 1.46. The third-order valence-electron chi connectivity index (χ3n) is 6.18. The van der Waals surface area contributed by atoms with Crippen LogP contribution in [0.1, 0.15) is 30.4 Å². The van der Waals surface area contributed by atoms with Crippen molar-refractivity contribution in [2.45, 2.75) is 31.2 Å². The lowest BCUT2D eigenvalue weighted by Crippen LogP contribution is -2.51. The zero-order valence-electron chi connectivity index (χ0n) is 18.7. The molecule has 1 aliphatic rings. The smallest absolute Gasteiger partial charge is 0.225 e. The Morgan fingerprint density at radius 2 is 1.73 bits per heavy atom. The van der Waals surface area contributed by atoms with Crippen molar-refractivity contribution in [1.82, 2.24) is 9.88 Å². The zero-order chi connectivity index (χ0) is 22.9. The Labute approximate surface area is 195 Å². The first kappa shape index (κ1) is 22.6. The Bertz CT molecular complexity index is 1080. The third kappa shape index (κ3) is 5.62. The minimum atomic E-state index is -0.752. The molecule has 4 rings (SSSR count). The average molecular weight is 440 g/mol. The van der Waals surface area contributed by atoms with Crippen LogP contribution in [0.5, 0.6) is 0 Å². The van der Waals surface area contributed by atoms with E-state index in [1.54, 1.807) is 12.3 Å². The molecule has 1 unspecified atom stereocenters. The van der Waals surface area contributed by atoms with Gasteiger partial charge in [0.05, 0.1) is 0 Å². The first-order chi connectivity index (χ1) is 16.2. The fourth-order valence-corrected chi connectivity index (χ4v) is 4.47. The summed E-state index contributed by atoms with van der Waals surface area (Å²) < 4.78 is 0. The molecular weight excluding hydrogens is 410 g/mol. The van der Waals surface area contributed by atoms with Crippen molar-refractivity contribution in [2.75, 3.05) is 18.4 Å². The molecule has 5 heteroatoms. The van der Waals surface area contributed by atoms with Gasteiger partial charge in [-0.3, -0.25) is 9.69 Å². The fraction of sp³-hybridized carbons (Fsp3) is 0.250. The van der Waals surface area contributed by atoms with Gasteiger partial charge in [-0.05, 0) is 36.1 Å². The second-order valence-corrected chi connectivity index (χ2v) is 8.41. The first-order valence-corrected chi connectivity index (χ1v) is 11.4. The van der Waals surface area contributed by atoms with E-state index in [-0.39, 0.29) is 5.91 Å². The molecule has 1 N–H and O–H groups in total. The second-order valence-electron chi connectivity index (χ2n) is 8.41. The van der Waals surface area contributed by atoms with Gasteiger partial charge in [0.1, 0.15) is 17.6 Å². The van der Waals surface area contributed by atoms with Crippen molar-refractivity contribution in [3.8, 4) is 0 Å². The normalized spacial score (nSPS) is 15.8. The van der Waals surface area contributed by atoms with E-state index in [2.05, 4.69) is 33.4 Å². The van der Waals surface area contributed by atoms with E-state index >= 15 is 0 Å². The average Bonchev–Trinajstić information content (AvgIpc) is 2.88. The highest BCUT2D eigenvalue weighted by molar-refractivity contribution is 5.89. The maximum atomic E-state index is 12.8. The Balaban J connectivity index is 1.49. The van der Waals surface area contributed by atoms with Gasteiger partial charge in [0.2, 0.25) is 5.91 Å². The number of rotatable bonds is 9. The molecule has 2 aromatic carbocycles. The van der Waals surface area contributed by atoms with Crippen LogP contribution in [0.3, 0.4) is 0 Å². The second kappa shape index (κ2) is 10.8. The predicted octanol–water partition coefficient (Wildman–Crippen LogP) is 4.77. The van der Waals surface area contributed by atoms with Gasteiger partial charge in [-0.25, -0.2) is 4.98 Å². The standard InChI is InChI=1S/C28H29N3O2/c32-22-28(25-13-5-2-6-14-25,20-23-10-3-1-4-11-23)31-19-9-12-24(21-31)16-17-27(33)30-26-15-7-8-18-29-26/h1-8,10-15,18,22H,9,16-17,19-21H2,(H,29,30,33). The zero-order valence-corrected chi connectivity index (χ0v) is 18.7. The van der Waals surface area contributed by atoms with Crippen molar-refractivity contribution >= 4 is 18.0 Å². The highest BCUT2D eigenvalue weighted by Crippen LogP contribution is 2.34. The maximum Gasteiger partial charge on any atom is 0.225 e. The molecule has 33 heavy (non-hydrogen) atoms. The maximum absolute atomic E-state index is 12.8. The Kier molecular flexibility index (Phi) is 7.43. The number of aromatic nitrogens is 1. The molecule has 168 valence electrons. The van der Waals surface area contributed by atoms with Crippen LogP contribution in [-0.4, -0.2) is 35.2 Å². The van der Waals surface area contributed by atoms with Crippen molar-refractivity contribution in [3.05, 3.63) is 108 Å². The lowest BCUT2D eigenvalue weighted by atomic mass is 9.82. The lowest BCUT2D eigenvalue weighted by Gasteiger charge is -2.43. The number of nitrogens with one attached hydrogen (secondary N) is 1. The summed E-state index contributed by atoms with van der Waals surface area (Å²) in [4.78, 5) is 31.6. The highest BCUT2D eigenvalue weighted by atomic mass is 16.1. The number of benzene rings is 2. The van der Waals surface area contributed by atoms with Crippen molar-refractivity contribution in [1.29, 1.82) is 0 Å². The number of hydrogen-bond acceptors (Lipinski definition) is 4. The molecule has 0 spiro atoms. The minimum Gasteiger partial charge on any atom is -0.311 e. The van der Waals surface area contributed by atoms with Crippen LogP contribution in [0, 0.1) is 0 Å². The minimum absolute atomic E-state index is 0.0549. The molecule has 0 saturated heterocycles. The number of aldehydes is 1. The largest absolute Gasteiger partial charge is 0.311 e. The van der Waals surface area contributed by atoms with Gasteiger partial charge in [-0.15, -0.1) is 0 Å². The molecule has 5 nitrogen and oxygen atoms in total. The van der Waals surface area contributed by atoms with Gasteiger partial charge >= 0.3 is 0 Å². The van der Waals surface area contributed by atoms with E-state index in [1.165, 1.54) is 5.57 Å². The monoisotopic (exact) mass is 439 g/mol. The van der Waals surface area contributed by atoms with Crippen molar-refractivity contribution in [2.24, 2.45) is 0 Å². The molecule has 0 radical (unpaired) electrons. The SMILES string of the molecule is O=CC(Cc1ccccc1)(c1ccccc1)N1CCC=C(CCC(=O)Nc2ccccn2)C1. The molecule has 0 saturated carbocycles. The Hall–Kier alpha value is -3.57. The quantitative estimate of drug-likeness (QED) is 0.385. The molecule has 3 aromatic rings. The van der Waals surface area contributed by atoms with E-state index < -0.39 is 5.54 Å². The van der Waals surface area contributed by atoms with E-state index in [0.29, 0.717) is 31.6 Å². The van der Waals surface area contributed by atoms with Gasteiger partial charge in [-0.1, -0.05) is 78.4 Å². The summed E-state index contributed by atoms with van der Waals surface area (Å²) in [5, 5.41) is 2.85. The first-order valence-electron chi connectivity index (χ1n) is 11.4. The Morgan fingerprint density at radius 3 is 2.42 bits per heavy atom. The van der Waals surface area contributed by atoms with Gasteiger partial charge in [0.15, 0.2) is 0 Å². The van der Waals surface area contributed by atoms with Gasteiger partial charge in [-0.2, -0.15) is 0 Å². The molecule has 0 fully saturated rings. The summed E-state index contributed by atoms with van der Waals surface area (Å²) in [7, 11) is 0. The van der Waals surface area contributed by atoms with E-state index in [1.807, 2.05) is 60.7 Å². The van der Waals surface area contributed by atoms with Crippen LogP contribution in [-0.2, 0) is 21.5 Å². The van der Waals surface area contributed by atoms with Crippen LogP contribution in [0.4, 0.5) is 5.82 Å². The van der Waals surface area contributed by atoms with Crippen LogP contribution in [0.25, 0.3) is 0 Å². The lowest BCUT2D eigenvalue weighted by molar-refractivity contribution is -0.119. The van der Waals surface area contributed by atoms with Crippen LogP contribution < -0.4 is 5.32 Å². The topological polar surface area (TPSA) is 62.3 Å². The van der Waals surface area contributed by atoms with Gasteiger partial charge < -0.3 is 10.1 Å². The number of anilines is 1. The van der Waals surface area contributed by atoms with Gasteiger partial charge in [0, 0.05) is 32.1 Å². The van der Waals surface area contributed by atoms with E-state index in [4.69, 9.17) is 0 Å². The Morgan fingerprint density at radius 1 is 1.00 bits per heavy atom. The molecule has 0 bridgehead atoms. The highest BCUT2D eigenvalue weighted by Gasteiger charge is 2.39. The van der Waals surface area contributed by atoms with E-state index in [9.17, 15) is 9.59 Å². The molecular formula is C28H29N3O2. The summed E-state index contributed by atoms with van der Waals surface area (Å²) in [5.41, 5.74) is 2.56. The summed E-state index contributed by atoms with van der Waals surface area (Å²) in [5.74, 6) is 0.509. The van der Waals surface area contributed by atoms with Crippen LogP contribution >= 0.6 is 0 Å². The van der Waals surface area contributed by atoms with Crippen LogP contribution in [0.2, 0.25) is 0 Å². The number of pyridine rings is 1. The molecule has 1 aromatic heterocycles. The van der Waals surface area contributed by atoms with Crippen LogP contribution in [0.15, 0.2) is 96.7 Å². The summed E-state index contributed by atoms with van der Waals surface area (Å²) in [6, 6.07) is 25.6. The number of carbonyl (C=O) groups is 2. The summed E-state index contributed by atoms with van der Waals surface area (Å²) in [6.07, 6.45) is 7.48. The molecule has 1 atom stereocenters. The molecule has 1 aliphatic heterocycles. The number of nitrogens with zero attached hydrogens (tertiary/aromatic N) is 2. The van der Waals surface area contributed by atoms with Crippen molar-refractivity contribution < 1.29 is 9.59 Å². The number of hydrogen-bond donors (Lipinski definition) is 1. The summed E-state index contributed by atoms with van der Waals surface area (Å²) >= 11 is 0. The molecule has 1 amide bonds. The van der Waals surface area contributed by atoms with Gasteiger partial charge in [0.25, 0.3) is 0 Å². The van der Waals surface area contributed by atoms with E-state index in [0.717, 1.165) is 30.4 Å². The fourth-order valence-electron chi connectivity index (χ4n) is 4.47. The predicted molar refractivity (Wildman–Crippen MR) is 131 cm³/mol. The number of amides is 1. The third-order valence-corrected chi connectivity index (χ3v) is 6.18. The molecule has 2 heterocycles.